The van der Waals surface area contributed by atoms with Gasteiger partial charge in [0.25, 0.3) is 5.91 Å². The van der Waals surface area contributed by atoms with E-state index in [1.807, 2.05) is 48.2 Å². The van der Waals surface area contributed by atoms with Gasteiger partial charge < -0.3 is 4.90 Å². The number of hydrogen-bond donors (Lipinski definition) is 2. The van der Waals surface area contributed by atoms with Crippen molar-refractivity contribution in [1.29, 1.82) is 0 Å². The molecular formula is C28H30ClN7OS. The standard InChI is InChI=1S/C28H30ClN7OS/c29-24-11-7-22(8-12-24)26(21-5-2-1-3-6-21)36-16-4-15-35(17-18-36)19-20-38-25-13-9-23(10-14-25)27(37)30-28-31-33-34-32-28/h1-3,5-14,26H,4,15-20H2,(H2,30,31,32,33,34,37). The van der Waals surface area contributed by atoms with Crippen LogP contribution in [0.1, 0.15) is 33.9 Å². The first-order chi connectivity index (χ1) is 18.7. The third kappa shape index (κ3) is 6.99. The summed E-state index contributed by atoms with van der Waals surface area (Å²) < 4.78 is 0. The van der Waals surface area contributed by atoms with Crippen molar-refractivity contribution in [2.45, 2.75) is 17.4 Å². The van der Waals surface area contributed by atoms with Crippen molar-refractivity contribution in [3.05, 3.63) is 101 Å². The summed E-state index contributed by atoms with van der Waals surface area (Å²) in [5.41, 5.74) is 3.15. The zero-order valence-electron chi connectivity index (χ0n) is 21.0. The van der Waals surface area contributed by atoms with Gasteiger partial charge in [0, 0.05) is 47.4 Å². The smallest absolute Gasteiger partial charge is 0.258 e. The first-order valence-corrected chi connectivity index (χ1v) is 14.1. The zero-order valence-corrected chi connectivity index (χ0v) is 22.5. The van der Waals surface area contributed by atoms with Crippen LogP contribution in [0.25, 0.3) is 0 Å². The molecule has 0 spiro atoms. The molecule has 2 heterocycles. The SMILES string of the molecule is O=C(Nc1nnn[nH]1)c1ccc(SCCN2CCCN(C(c3ccccc3)c3ccc(Cl)cc3)CC2)cc1. The lowest BCUT2D eigenvalue weighted by Gasteiger charge is -2.31. The number of thioether (sulfide) groups is 1. The van der Waals surface area contributed by atoms with Crippen LogP contribution in [0, 0.1) is 0 Å². The quantitative estimate of drug-likeness (QED) is 0.285. The predicted octanol–water partition coefficient (Wildman–Crippen LogP) is 4.99. The number of amides is 1. The fourth-order valence-electron chi connectivity index (χ4n) is 4.75. The number of halogens is 1. The average molecular weight is 548 g/mol. The molecule has 1 aliphatic rings. The van der Waals surface area contributed by atoms with Crippen molar-refractivity contribution >= 4 is 35.2 Å². The number of carbonyl (C=O) groups is 1. The Morgan fingerprint density at radius 2 is 1.71 bits per heavy atom. The number of nitrogens with one attached hydrogen (secondary N) is 2. The minimum Gasteiger partial charge on any atom is -0.301 e. The number of aromatic amines is 1. The van der Waals surface area contributed by atoms with Crippen LogP contribution in [0.5, 0.6) is 0 Å². The van der Waals surface area contributed by atoms with Crippen molar-refractivity contribution in [2.75, 3.05) is 43.8 Å². The summed E-state index contributed by atoms with van der Waals surface area (Å²) in [5, 5.41) is 16.5. The third-order valence-corrected chi connectivity index (χ3v) is 7.90. The maximum Gasteiger partial charge on any atom is 0.258 e. The molecule has 1 unspecified atom stereocenters. The van der Waals surface area contributed by atoms with Gasteiger partial charge in [0.1, 0.15) is 0 Å². The van der Waals surface area contributed by atoms with E-state index in [1.165, 1.54) is 11.1 Å². The van der Waals surface area contributed by atoms with Crippen LogP contribution < -0.4 is 5.32 Å². The van der Waals surface area contributed by atoms with E-state index in [0.29, 0.717) is 5.56 Å². The van der Waals surface area contributed by atoms with Crippen LogP contribution in [0.3, 0.4) is 0 Å². The molecule has 38 heavy (non-hydrogen) atoms. The molecule has 1 atom stereocenters. The molecule has 0 bridgehead atoms. The van der Waals surface area contributed by atoms with Gasteiger partial charge in [-0.15, -0.1) is 11.8 Å². The zero-order chi connectivity index (χ0) is 26.2. The Kier molecular flexibility index (Phi) is 9.03. The summed E-state index contributed by atoms with van der Waals surface area (Å²) in [6, 6.07) is 26.9. The molecule has 4 aromatic rings. The highest BCUT2D eigenvalue weighted by Crippen LogP contribution is 2.30. The molecule has 196 valence electrons. The Balaban J connectivity index is 1.14. The molecule has 3 aromatic carbocycles. The Morgan fingerprint density at radius 1 is 0.947 bits per heavy atom. The Hall–Kier alpha value is -3.24. The van der Waals surface area contributed by atoms with E-state index in [-0.39, 0.29) is 17.9 Å². The van der Waals surface area contributed by atoms with E-state index >= 15 is 0 Å². The van der Waals surface area contributed by atoms with E-state index in [0.717, 1.165) is 54.8 Å². The molecule has 1 amide bonds. The molecule has 0 radical (unpaired) electrons. The van der Waals surface area contributed by atoms with Gasteiger partial charge in [-0.2, -0.15) is 0 Å². The Morgan fingerprint density at radius 3 is 2.45 bits per heavy atom. The van der Waals surface area contributed by atoms with Crippen LogP contribution in [0.4, 0.5) is 5.95 Å². The molecule has 5 rings (SSSR count). The van der Waals surface area contributed by atoms with Crippen molar-refractivity contribution < 1.29 is 4.79 Å². The molecule has 1 saturated heterocycles. The number of anilines is 1. The van der Waals surface area contributed by atoms with Gasteiger partial charge in [-0.05, 0) is 70.9 Å². The van der Waals surface area contributed by atoms with Crippen LogP contribution in [-0.2, 0) is 0 Å². The minimum atomic E-state index is -0.248. The molecule has 0 saturated carbocycles. The van der Waals surface area contributed by atoms with Crippen molar-refractivity contribution in [2.24, 2.45) is 0 Å². The number of nitrogens with zero attached hydrogens (tertiary/aromatic N) is 5. The highest BCUT2D eigenvalue weighted by molar-refractivity contribution is 7.99. The van der Waals surface area contributed by atoms with Crippen molar-refractivity contribution in [1.82, 2.24) is 30.4 Å². The first-order valence-electron chi connectivity index (χ1n) is 12.7. The Bertz CT molecular complexity index is 1290. The number of H-pyrrole nitrogens is 1. The van der Waals surface area contributed by atoms with E-state index in [2.05, 4.69) is 78.2 Å². The van der Waals surface area contributed by atoms with Crippen LogP contribution in [0.15, 0.2) is 83.8 Å². The van der Waals surface area contributed by atoms with E-state index < -0.39 is 0 Å². The summed E-state index contributed by atoms with van der Waals surface area (Å²) in [7, 11) is 0. The maximum atomic E-state index is 12.3. The summed E-state index contributed by atoms with van der Waals surface area (Å²) in [6.45, 7) is 5.22. The number of aromatic nitrogens is 4. The van der Waals surface area contributed by atoms with Gasteiger partial charge in [0.2, 0.25) is 5.95 Å². The molecule has 1 aromatic heterocycles. The first kappa shape index (κ1) is 26.4. The lowest BCUT2D eigenvalue weighted by molar-refractivity contribution is 0.102. The van der Waals surface area contributed by atoms with Crippen molar-refractivity contribution in [3.8, 4) is 0 Å². The molecule has 8 nitrogen and oxygen atoms in total. The monoisotopic (exact) mass is 547 g/mol. The molecular weight excluding hydrogens is 518 g/mol. The number of benzene rings is 3. The molecule has 10 heteroatoms. The van der Waals surface area contributed by atoms with E-state index in [9.17, 15) is 4.79 Å². The summed E-state index contributed by atoms with van der Waals surface area (Å²) in [4.78, 5) is 18.6. The van der Waals surface area contributed by atoms with Gasteiger partial charge in [-0.25, -0.2) is 5.10 Å². The normalized spacial score (nSPS) is 15.6. The minimum absolute atomic E-state index is 0.221. The second-order valence-corrected chi connectivity index (χ2v) is 10.8. The summed E-state index contributed by atoms with van der Waals surface area (Å²) >= 11 is 8.00. The largest absolute Gasteiger partial charge is 0.301 e. The number of hydrogen-bond acceptors (Lipinski definition) is 7. The molecule has 1 fully saturated rings. The van der Waals surface area contributed by atoms with Gasteiger partial charge in [0.15, 0.2) is 0 Å². The summed E-state index contributed by atoms with van der Waals surface area (Å²) in [5.74, 6) is 0.975. The lowest BCUT2D eigenvalue weighted by atomic mass is 9.97. The highest BCUT2D eigenvalue weighted by atomic mass is 35.5. The average Bonchev–Trinajstić information content (AvgIpc) is 3.35. The van der Waals surface area contributed by atoms with Crippen LogP contribution in [0.2, 0.25) is 5.02 Å². The lowest BCUT2D eigenvalue weighted by Crippen LogP contribution is -2.34. The number of carbonyl (C=O) groups excluding carboxylic acids is 1. The second kappa shape index (κ2) is 13.0. The highest BCUT2D eigenvalue weighted by Gasteiger charge is 2.25. The fraction of sp³-hybridized carbons (Fsp3) is 0.286. The van der Waals surface area contributed by atoms with Gasteiger partial charge in [0.05, 0.1) is 6.04 Å². The maximum absolute atomic E-state index is 12.3. The number of rotatable bonds is 9. The van der Waals surface area contributed by atoms with Gasteiger partial charge >= 0.3 is 0 Å². The predicted molar refractivity (Wildman–Crippen MR) is 152 cm³/mol. The number of tetrazole rings is 1. The topological polar surface area (TPSA) is 90.0 Å². The van der Waals surface area contributed by atoms with Gasteiger partial charge in [-0.3, -0.25) is 15.0 Å². The van der Waals surface area contributed by atoms with Gasteiger partial charge in [-0.1, -0.05) is 59.2 Å². The molecule has 2 N–H and O–H groups in total. The Labute approximate surface area is 231 Å². The molecule has 1 aliphatic heterocycles. The van der Waals surface area contributed by atoms with Crippen LogP contribution in [-0.4, -0.2) is 74.8 Å². The third-order valence-electron chi connectivity index (χ3n) is 6.66. The van der Waals surface area contributed by atoms with E-state index in [4.69, 9.17) is 11.6 Å². The van der Waals surface area contributed by atoms with E-state index in [1.54, 1.807) is 0 Å². The fourth-order valence-corrected chi connectivity index (χ4v) is 5.79. The van der Waals surface area contributed by atoms with Crippen molar-refractivity contribution in [3.63, 3.8) is 0 Å². The second-order valence-electron chi connectivity index (χ2n) is 9.17. The summed E-state index contributed by atoms with van der Waals surface area (Å²) in [6.07, 6.45) is 1.13. The van der Waals surface area contributed by atoms with Crippen LogP contribution >= 0.6 is 23.4 Å². The molecule has 0 aliphatic carbocycles.